The van der Waals surface area contributed by atoms with Gasteiger partial charge in [0, 0.05) is 11.0 Å². The van der Waals surface area contributed by atoms with E-state index in [9.17, 15) is 13.2 Å². The SMILES string of the molecule is CC(C)C(C)(C)CNC(=O)c1cc(S(N)(=O)=O)ccc1Br. The lowest BCUT2D eigenvalue weighted by molar-refractivity contribution is 0.0924. The van der Waals surface area contributed by atoms with Gasteiger partial charge in [-0.25, -0.2) is 13.6 Å². The zero-order valence-corrected chi connectivity index (χ0v) is 15.0. The maximum Gasteiger partial charge on any atom is 0.252 e. The first-order chi connectivity index (χ1) is 9.45. The lowest BCUT2D eigenvalue weighted by Crippen LogP contribution is -2.37. The summed E-state index contributed by atoms with van der Waals surface area (Å²) in [6.07, 6.45) is 0. The van der Waals surface area contributed by atoms with Crippen molar-refractivity contribution in [1.82, 2.24) is 5.32 Å². The maximum atomic E-state index is 12.2. The number of carbonyl (C=O) groups is 1. The molecule has 0 aliphatic heterocycles. The molecule has 0 bridgehead atoms. The molecule has 0 aliphatic rings. The molecule has 0 heterocycles. The molecule has 0 atom stereocenters. The predicted octanol–water partition coefficient (Wildman–Crippen LogP) is 2.51. The fourth-order valence-electron chi connectivity index (χ4n) is 1.46. The highest BCUT2D eigenvalue weighted by molar-refractivity contribution is 9.10. The molecule has 118 valence electrons. The van der Waals surface area contributed by atoms with Crippen LogP contribution in [0.25, 0.3) is 0 Å². The zero-order valence-electron chi connectivity index (χ0n) is 12.6. The number of carbonyl (C=O) groups excluding carboxylic acids is 1. The fourth-order valence-corrected chi connectivity index (χ4v) is 2.43. The highest BCUT2D eigenvalue weighted by Gasteiger charge is 2.24. The van der Waals surface area contributed by atoms with E-state index in [4.69, 9.17) is 5.14 Å². The van der Waals surface area contributed by atoms with Crippen LogP contribution in [0, 0.1) is 11.3 Å². The summed E-state index contributed by atoms with van der Waals surface area (Å²) in [6.45, 7) is 8.80. The van der Waals surface area contributed by atoms with Crippen molar-refractivity contribution in [1.29, 1.82) is 0 Å². The van der Waals surface area contributed by atoms with Crippen LogP contribution in [-0.2, 0) is 10.0 Å². The van der Waals surface area contributed by atoms with Crippen LogP contribution in [0.15, 0.2) is 27.6 Å². The molecule has 5 nitrogen and oxygen atoms in total. The monoisotopic (exact) mass is 376 g/mol. The molecule has 1 rings (SSSR count). The molecular weight excluding hydrogens is 356 g/mol. The molecule has 0 saturated heterocycles. The number of primary sulfonamides is 1. The topological polar surface area (TPSA) is 89.3 Å². The van der Waals surface area contributed by atoms with E-state index in [1.54, 1.807) is 0 Å². The van der Waals surface area contributed by atoms with Gasteiger partial charge in [-0.05, 0) is 45.5 Å². The number of sulfonamides is 1. The molecule has 0 aromatic heterocycles. The Hall–Kier alpha value is -0.920. The minimum atomic E-state index is -3.83. The number of nitrogens with two attached hydrogens (primary N) is 1. The maximum absolute atomic E-state index is 12.2. The van der Waals surface area contributed by atoms with Gasteiger partial charge in [-0.1, -0.05) is 27.7 Å². The van der Waals surface area contributed by atoms with Crippen LogP contribution in [0.3, 0.4) is 0 Å². The van der Waals surface area contributed by atoms with Gasteiger partial charge in [0.15, 0.2) is 0 Å². The molecule has 0 spiro atoms. The summed E-state index contributed by atoms with van der Waals surface area (Å²) in [7, 11) is -3.83. The number of amides is 1. The van der Waals surface area contributed by atoms with Crippen molar-refractivity contribution in [2.24, 2.45) is 16.5 Å². The largest absolute Gasteiger partial charge is 0.351 e. The summed E-state index contributed by atoms with van der Waals surface area (Å²) < 4.78 is 23.2. The lowest BCUT2D eigenvalue weighted by Gasteiger charge is -2.29. The van der Waals surface area contributed by atoms with E-state index in [2.05, 4.69) is 48.9 Å². The van der Waals surface area contributed by atoms with Gasteiger partial charge in [0.2, 0.25) is 10.0 Å². The first kappa shape index (κ1) is 18.1. The minimum absolute atomic E-state index is 0.0559. The average Bonchev–Trinajstić information content (AvgIpc) is 2.35. The fraction of sp³-hybridized carbons (Fsp3) is 0.500. The number of nitrogens with one attached hydrogen (secondary N) is 1. The molecule has 1 aromatic carbocycles. The van der Waals surface area contributed by atoms with Crippen molar-refractivity contribution in [3.8, 4) is 0 Å². The highest BCUT2D eigenvalue weighted by Crippen LogP contribution is 2.25. The van der Waals surface area contributed by atoms with Gasteiger partial charge in [0.1, 0.15) is 0 Å². The summed E-state index contributed by atoms with van der Waals surface area (Å²) in [6, 6.07) is 4.13. The van der Waals surface area contributed by atoms with Crippen LogP contribution in [0.2, 0.25) is 0 Å². The van der Waals surface area contributed by atoms with Crippen LogP contribution >= 0.6 is 15.9 Å². The van der Waals surface area contributed by atoms with Gasteiger partial charge in [-0.15, -0.1) is 0 Å². The Labute approximate surface area is 134 Å². The second-order valence-electron chi connectivity index (χ2n) is 6.01. The van der Waals surface area contributed by atoms with E-state index in [0.29, 0.717) is 16.9 Å². The molecule has 0 aliphatic carbocycles. The molecule has 0 saturated carbocycles. The van der Waals surface area contributed by atoms with Crippen molar-refractivity contribution in [2.45, 2.75) is 32.6 Å². The number of rotatable bonds is 5. The first-order valence-corrected chi connectivity index (χ1v) is 8.89. The number of benzene rings is 1. The summed E-state index contributed by atoms with van der Waals surface area (Å²) in [5.74, 6) is 0.0677. The second-order valence-corrected chi connectivity index (χ2v) is 8.43. The van der Waals surface area contributed by atoms with Gasteiger partial charge < -0.3 is 5.32 Å². The van der Waals surface area contributed by atoms with Gasteiger partial charge in [0.05, 0.1) is 10.5 Å². The van der Waals surface area contributed by atoms with Crippen molar-refractivity contribution in [3.05, 3.63) is 28.2 Å². The molecule has 7 heteroatoms. The normalized spacial score (nSPS) is 12.5. The number of hydrogen-bond acceptors (Lipinski definition) is 3. The summed E-state index contributed by atoms with van der Waals surface area (Å²) >= 11 is 3.25. The lowest BCUT2D eigenvalue weighted by atomic mass is 9.81. The highest BCUT2D eigenvalue weighted by atomic mass is 79.9. The molecule has 1 amide bonds. The molecule has 1 aromatic rings. The average molecular weight is 377 g/mol. The van der Waals surface area contributed by atoms with Crippen molar-refractivity contribution in [2.75, 3.05) is 6.54 Å². The van der Waals surface area contributed by atoms with Gasteiger partial charge >= 0.3 is 0 Å². The third-order valence-electron chi connectivity index (χ3n) is 3.78. The Balaban J connectivity index is 2.98. The summed E-state index contributed by atoms with van der Waals surface area (Å²) in [4.78, 5) is 12.2. The van der Waals surface area contributed by atoms with Gasteiger partial charge in [0.25, 0.3) is 5.91 Å². The van der Waals surface area contributed by atoms with Crippen LogP contribution < -0.4 is 10.5 Å². The molecular formula is C14H21BrN2O3S. The minimum Gasteiger partial charge on any atom is -0.351 e. The van der Waals surface area contributed by atoms with Crippen LogP contribution in [0.4, 0.5) is 0 Å². The third kappa shape index (κ3) is 4.79. The van der Waals surface area contributed by atoms with E-state index in [0.717, 1.165) is 0 Å². The van der Waals surface area contributed by atoms with Crippen LogP contribution in [0.1, 0.15) is 38.1 Å². The molecule has 3 N–H and O–H groups in total. The predicted molar refractivity (Wildman–Crippen MR) is 86.5 cm³/mol. The quantitative estimate of drug-likeness (QED) is 0.826. The van der Waals surface area contributed by atoms with Gasteiger partial charge in [-0.3, -0.25) is 4.79 Å². The van der Waals surface area contributed by atoms with Crippen molar-refractivity contribution < 1.29 is 13.2 Å². The Morgan fingerprint density at radius 1 is 1.38 bits per heavy atom. The smallest absolute Gasteiger partial charge is 0.252 e. The zero-order chi connectivity index (χ0) is 16.4. The Morgan fingerprint density at radius 3 is 2.43 bits per heavy atom. The van der Waals surface area contributed by atoms with E-state index in [1.807, 2.05) is 0 Å². The molecule has 21 heavy (non-hydrogen) atoms. The van der Waals surface area contributed by atoms with E-state index < -0.39 is 10.0 Å². The van der Waals surface area contributed by atoms with E-state index >= 15 is 0 Å². The first-order valence-electron chi connectivity index (χ1n) is 6.55. The molecule has 0 radical (unpaired) electrons. The van der Waals surface area contributed by atoms with Crippen molar-refractivity contribution in [3.63, 3.8) is 0 Å². The van der Waals surface area contributed by atoms with E-state index in [-0.39, 0.29) is 21.8 Å². The molecule has 0 unspecified atom stereocenters. The Kier molecular flexibility index (Phi) is 5.57. The summed E-state index contributed by atoms with van der Waals surface area (Å²) in [5.41, 5.74) is 0.195. The summed E-state index contributed by atoms with van der Waals surface area (Å²) in [5, 5.41) is 7.92. The second kappa shape index (κ2) is 6.46. The van der Waals surface area contributed by atoms with Crippen molar-refractivity contribution >= 4 is 31.9 Å². The number of halogens is 1. The standard InChI is InChI=1S/C14H21BrN2O3S/c1-9(2)14(3,4)8-17-13(18)11-7-10(21(16,19)20)5-6-12(11)15/h5-7,9H,8H2,1-4H3,(H,17,18)(H2,16,19,20). The van der Waals surface area contributed by atoms with Crippen LogP contribution in [-0.4, -0.2) is 20.9 Å². The van der Waals surface area contributed by atoms with Crippen LogP contribution in [0.5, 0.6) is 0 Å². The molecule has 0 fully saturated rings. The Bertz CT molecular complexity index is 640. The van der Waals surface area contributed by atoms with E-state index in [1.165, 1.54) is 18.2 Å². The van der Waals surface area contributed by atoms with Gasteiger partial charge in [-0.2, -0.15) is 0 Å². The number of hydrogen-bond donors (Lipinski definition) is 2. The Morgan fingerprint density at radius 2 is 1.95 bits per heavy atom. The third-order valence-corrected chi connectivity index (χ3v) is 5.38.